The van der Waals surface area contributed by atoms with Crippen LogP contribution in [0.15, 0.2) is 14.6 Å². The number of nitrogens with zero attached hydrogens (tertiary/aromatic N) is 3. The maximum Gasteiger partial charge on any atom is 0.331 e. The van der Waals surface area contributed by atoms with Crippen molar-refractivity contribution in [2.24, 2.45) is 0 Å². The van der Waals surface area contributed by atoms with Crippen molar-refractivity contribution in [3.8, 4) is 0 Å². The second-order valence-electron chi connectivity index (χ2n) is 5.11. The van der Waals surface area contributed by atoms with Crippen LogP contribution >= 0.6 is 11.8 Å². The molecular formula is C13H21N3O2S. The van der Waals surface area contributed by atoms with Crippen LogP contribution in [-0.2, 0) is 19.6 Å². The molecule has 6 heteroatoms. The second kappa shape index (κ2) is 5.96. The van der Waals surface area contributed by atoms with Crippen LogP contribution in [0.2, 0.25) is 0 Å². The van der Waals surface area contributed by atoms with E-state index in [2.05, 4.69) is 0 Å². The first-order valence-corrected chi connectivity index (χ1v) is 7.68. The molecule has 0 N–H and O–H groups in total. The Morgan fingerprint density at radius 1 is 1.32 bits per heavy atom. The van der Waals surface area contributed by atoms with Crippen LogP contribution in [0.5, 0.6) is 0 Å². The molecule has 0 unspecified atom stereocenters. The summed E-state index contributed by atoms with van der Waals surface area (Å²) in [5, 5.41) is 0.877. The normalized spacial score (nSPS) is 14.7. The molecule has 106 valence electrons. The summed E-state index contributed by atoms with van der Waals surface area (Å²) >= 11 is 1.64. The van der Waals surface area contributed by atoms with Crippen LogP contribution in [0.4, 0.5) is 0 Å². The molecule has 2 rings (SSSR count). The van der Waals surface area contributed by atoms with Gasteiger partial charge in [-0.15, -0.1) is 11.8 Å². The molecule has 1 aromatic rings. The SMILES string of the molecule is CCCn1c(=O)c(CN(C)C)c2n(c1=O)CCCS2. The average Bonchev–Trinajstić information content (AvgIpc) is 2.39. The molecule has 2 heterocycles. The van der Waals surface area contributed by atoms with E-state index < -0.39 is 0 Å². The lowest BCUT2D eigenvalue weighted by Gasteiger charge is -2.23. The van der Waals surface area contributed by atoms with Gasteiger partial charge in [0, 0.05) is 25.4 Å². The molecule has 0 radical (unpaired) electrons. The van der Waals surface area contributed by atoms with Crippen molar-refractivity contribution in [3.05, 3.63) is 26.4 Å². The minimum atomic E-state index is -0.142. The molecule has 5 nitrogen and oxygen atoms in total. The van der Waals surface area contributed by atoms with Crippen molar-refractivity contribution in [1.82, 2.24) is 14.0 Å². The minimum Gasteiger partial charge on any atom is -0.305 e. The van der Waals surface area contributed by atoms with Gasteiger partial charge in [0.05, 0.1) is 10.6 Å². The van der Waals surface area contributed by atoms with Crippen LogP contribution in [0.25, 0.3) is 0 Å². The van der Waals surface area contributed by atoms with E-state index >= 15 is 0 Å². The summed E-state index contributed by atoms with van der Waals surface area (Å²) in [6.45, 7) is 3.80. The van der Waals surface area contributed by atoms with E-state index in [4.69, 9.17) is 0 Å². The van der Waals surface area contributed by atoms with Gasteiger partial charge in [0.2, 0.25) is 0 Å². The van der Waals surface area contributed by atoms with Crippen molar-refractivity contribution < 1.29 is 0 Å². The molecule has 0 aliphatic carbocycles. The van der Waals surface area contributed by atoms with E-state index in [9.17, 15) is 9.59 Å². The van der Waals surface area contributed by atoms with Crippen LogP contribution in [0.1, 0.15) is 25.3 Å². The summed E-state index contributed by atoms with van der Waals surface area (Å²) in [7, 11) is 3.89. The van der Waals surface area contributed by atoms with Gasteiger partial charge in [-0.3, -0.25) is 13.9 Å². The van der Waals surface area contributed by atoms with Crippen molar-refractivity contribution in [2.75, 3.05) is 19.8 Å². The topological polar surface area (TPSA) is 47.2 Å². The number of fused-ring (bicyclic) bond motifs is 1. The fourth-order valence-corrected chi connectivity index (χ4v) is 3.48. The van der Waals surface area contributed by atoms with E-state index in [1.54, 1.807) is 16.3 Å². The lowest BCUT2D eigenvalue weighted by Crippen LogP contribution is -2.44. The van der Waals surface area contributed by atoms with Gasteiger partial charge in [-0.2, -0.15) is 0 Å². The fourth-order valence-electron chi connectivity index (χ4n) is 2.36. The maximum absolute atomic E-state index is 12.5. The van der Waals surface area contributed by atoms with Gasteiger partial charge in [-0.1, -0.05) is 6.92 Å². The minimum absolute atomic E-state index is 0.110. The molecule has 1 aliphatic rings. The Bertz CT molecular complexity index is 574. The number of thioether (sulfide) groups is 1. The Balaban J connectivity index is 2.66. The van der Waals surface area contributed by atoms with Gasteiger partial charge in [-0.05, 0) is 26.9 Å². The summed E-state index contributed by atoms with van der Waals surface area (Å²) in [6.07, 6.45) is 1.78. The molecule has 0 saturated carbocycles. The van der Waals surface area contributed by atoms with E-state index in [-0.39, 0.29) is 11.2 Å². The highest BCUT2D eigenvalue weighted by Gasteiger charge is 2.21. The first-order valence-electron chi connectivity index (χ1n) is 6.70. The van der Waals surface area contributed by atoms with Gasteiger partial charge in [0.25, 0.3) is 5.56 Å². The fraction of sp³-hybridized carbons (Fsp3) is 0.692. The zero-order valence-electron chi connectivity index (χ0n) is 11.8. The second-order valence-corrected chi connectivity index (χ2v) is 6.20. The molecule has 0 fully saturated rings. The Kier molecular flexibility index (Phi) is 4.52. The quantitative estimate of drug-likeness (QED) is 0.773. The summed E-state index contributed by atoms with van der Waals surface area (Å²) in [4.78, 5) is 26.8. The Labute approximate surface area is 117 Å². The monoisotopic (exact) mass is 283 g/mol. The third-order valence-electron chi connectivity index (χ3n) is 3.15. The highest BCUT2D eigenvalue weighted by Crippen LogP contribution is 2.25. The lowest BCUT2D eigenvalue weighted by atomic mass is 10.3. The summed E-state index contributed by atoms with van der Waals surface area (Å²) in [5.41, 5.74) is 0.514. The van der Waals surface area contributed by atoms with Crippen LogP contribution in [-0.4, -0.2) is 33.9 Å². The largest absolute Gasteiger partial charge is 0.331 e. The summed E-state index contributed by atoms with van der Waals surface area (Å²) in [6, 6.07) is 0. The Morgan fingerprint density at radius 3 is 2.68 bits per heavy atom. The van der Waals surface area contributed by atoms with Crippen LogP contribution in [0.3, 0.4) is 0 Å². The molecule has 1 aliphatic heterocycles. The third-order valence-corrected chi connectivity index (χ3v) is 4.39. The molecule has 19 heavy (non-hydrogen) atoms. The van der Waals surface area contributed by atoms with E-state index in [0.717, 1.165) is 35.7 Å². The van der Waals surface area contributed by atoms with Crippen molar-refractivity contribution in [2.45, 2.75) is 44.4 Å². The number of hydrogen-bond acceptors (Lipinski definition) is 4. The van der Waals surface area contributed by atoms with E-state index in [0.29, 0.717) is 13.1 Å². The number of aromatic nitrogens is 2. The predicted molar refractivity (Wildman–Crippen MR) is 78.0 cm³/mol. The molecule has 0 saturated heterocycles. The number of rotatable bonds is 4. The Hall–Kier alpha value is -1.01. The first-order chi connectivity index (χ1) is 9.06. The molecule has 0 bridgehead atoms. The van der Waals surface area contributed by atoms with Crippen molar-refractivity contribution >= 4 is 11.8 Å². The third kappa shape index (κ3) is 2.79. The van der Waals surface area contributed by atoms with E-state index in [1.165, 1.54) is 4.57 Å². The zero-order valence-corrected chi connectivity index (χ0v) is 12.6. The van der Waals surface area contributed by atoms with Crippen LogP contribution in [0, 0.1) is 0 Å². The lowest BCUT2D eigenvalue weighted by molar-refractivity contribution is 0.381. The predicted octanol–water partition coefficient (Wildman–Crippen LogP) is 0.977. The standard InChI is InChI=1S/C13H21N3O2S/c1-4-6-15-11(17)10(9-14(2)3)12-16(13(15)18)7-5-8-19-12/h4-9H2,1-3H3. The van der Waals surface area contributed by atoms with Crippen molar-refractivity contribution in [1.29, 1.82) is 0 Å². The Morgan fingerprint density at radius 2 is 2.05 bits per heavy atom. The molecule has 0 amide bonds. The number of hydrogen-bond donors (Lipinski definition) is 0. The van der Waals surface area contributed by atoms with Gasteiger partial charge in [-0.25, -0.2) is 4.79 Å². The highest BCUT2D eigenvalue weighted by molar-refractivity contribution is 7.99. The average molecular weight is 283 g/mol. The van der Waals surface area contributed by atoms with Gasteiger partial charge < -0.3 is 4.90 Å². The molecule has 0 atom stereocenters. The van der Waals surface area contributed by atoms with Gasteiger partial charge in [0.15, 0.2) is 0 Å². The van der Waals surface area contributed by atoms with Gasteiger partial charge >= 0.3 is 5.69 Å². The smallest absolute Gasteiger partial charge is 0.305 e. The molecule has 1 aromatic heterocycles. The molecule has 0 aromatic carbocycles. The molecule has 0 spiro atoms. The van der Waals surface area contributed by atoms with E-state index in [1.807, 2.05) is 25.9 Å². The zero-order chi connectivity index (χ0) is 14.0. The van der Waals surface area contributed by atoms with Crippen molar-refractivity contribution in [3.63, 3.8) is 0 Å². The van der Waals surface area contributed by atoms with Gasteiger partial charge in [0.1, 0.15) is 0 Å². The highest BCUT2D eigenvalue weighted by atomic mass is 32.2. The first kappa shape index (κ1) is 14.4. The maximum atomic E-state index is 12.5. The molecular weight excluding hydrogens is 262 g/mol. The summed E-state index contributed by atoms with van der Waals surface area (Å²) < 4.78 is 3.18. The van der Waals surface area contributed by atoms with Crippen LogP contribution < -0.4 is 11.2 Å². The summed E-state index contributed by atoms with van der Waals surface area (Å²) in [5.74, 6) is 0.983.